The number of rotatable bonds is 2. The molecule has 0 aliphatic carbocycles. The van der Waals surface area contributed by atoms with Gasteiger partial charge in [0.1, 0.15) is 5.75 Å². The maximum absolute atomic E-state index is 12.4. The van der Waals surface area contributed by atoms with E-state index in [0.717, 1.165) is 18.7 Å². The Labute approximate surface area is 142 Å². The van der Waals surface area contributed by atoms with Crippen molar-refractivity contribution < 1.29 is 14.3 Å². The van der Waals surface area contributed by atoms with Crippen LogP contribution in [-0.2, 0) is 14.9 Å². The predicted octanol–water partition coefficient (Wildman–Crippen LogP) is 4.12. The lowest BCUT2D eigenvalue weighted by atomic mass is 9.75. The van der Waals surface area contributed by atoms with Gasteiger partial charge in [-0.25, -0.2) is 4.79 Å². The number of carbonyl (C=O) groups excluding carboxylic acids is 1. The second-order valence-corrected chi connectivity index (χ2v) is 8.56. The highest BCUT2D eigenvalue weighted by molar-refractivity contribution is 8.01. The highest BCUT2D eigenvalue weighted by Gasteiger charge is 2.53. The van der Waals surface area contributed by atoms with Crippen LogP contribution in [0.4, 0.5) is 4.79 Å². The van der Waals surface area contributed by atoms with Crippen LogP contribution in [0, 0.1) is 0 Å². The minimum Gasteiger partial charge on any atom is -0.497 e. The van der Waals surface area contributed by atoms with E-state index in [9.17, 15) is 4.79 Å². The summed E-state index contributed by atoms with van der Waals surface area (Å²) < 4.78 is 10.7. The molecule has 0 aromatic heterocycles. The Balaban J connectivity index is 2.07. The molecule has 1 fully saturated rings. The summed E-state index contributed by atoms with van der Waals surface area (Å²) in [6.07, 6.45) is 0.723. The molecule has 0 radical (unpaired) electrons. The van der Waals surface area contributed by atoms with Crippen molar-refractivity contribution in [2.75, 3.05) is 20.3 Å². The number of nitrogens with zero attached hydrogens (tertiary/aromatic N) is 1. The Hall–Kier alpha value is -1.36. The van der Waals surface area contributed by atoms with Gasteiger partial charge in [0.2, 0.25) is 0 Å². The molecule has 3 rings (SSSR count). The SMILES string of the molecule is CCOC(=O)N1CCC2(C)SC1C(C)(C)c1ccc(OC)cc12. The molecule has 1 aromatic carbocycles. The largest absolute Gasteiger partial charge is 0.497 e. The molecule has 2 heterocycles. The second kappa shape index (κ2) is 5.62. The second-order valence-electron chi connectivity index (χ2n) is 6.98. The Morgan fingerprint density at radius 1 is 1.35 bits per heavy atom. The van der Waals surface area contributed by atoms with Crippen molar-refractivity contribution in [3.05, 3.63) is 29.3 Å². The lowest BCUT2D eigenvalue weighted by Gasteiger charge is -2.55. The van der Waals surface area contributed by atoms with E-state index in [1.807, 2.05) is 29.7 Å². The highest BCUT2D eigenvalue weighted by atomic mass is 32.2. The number of benzene rings is 1. The van der Waals surface area contributed by atoms with E-state index in [2.05, 4.69) is 32.9 Å². The number of hydrogen-bond acceptors (Lipinski definition) is 4. The number of fused-ring (bicyclic) bond motifs is 4. The first-order valence-electron chi connectivity index (χ1n) is 8.13. The molecular formula is C18H25NO3S. The number of thioether (sulfide) groups is 1. The van der Waals surface area contributed by atoms with E-state index in [-0.39, 0.29) is 21.6 Å². The van der Waals surface area contributed by atoms with Crippen LogP contribution in [0.3, 0.4) is 0 Å². The van der Waals surface area contributed by atoms with Gasteiger partial charge in [-0.15, -0.1) is 11.8 Å². The number of amides is 1. The molecule has 23 heavy (non-hydrogen) atoms. The average molecular weight is 335 g/mol. The average Bonchev–Trinajstić information content (AvgIpc) is 2.53. The minimum atomic E-state index is -0.197. The van der Waals surface area contributed by atoms with E-state index in [0.29, 0.717) is 6.61 Å². The number of hydrogen-bond donors (Lipinski definition) is 0. The van der Waals surface area contributed by atoms with Gasteiger partial charge in [-0.05, 0) is 43.5 Å². The molecule has 2 unspecified atom stereocenters. The van der Waals surface area contributed by atoms with E-state index >= 15 is 0 Å². The van der Waals surface area contributed by atoms with E-state index in [1.165, 1.54) is 11.1 Å². The summed E-state index contributed by atoms with van der Waals surface area (Å²) >= 11 is 1.88. The van der Waals surface area contributed by atoms with Crippen LogP contribution in [0.15, 0.2) is 18.2 Å². The first-order valence-corrected chi connectivity index (χ1v) is 9.01. The van der Waals surface area contributed by atoms with Crippen molar-refractivity contribution in [1.29, 1.82) is 0 Å². The van der Waals surface area contributed by atoms with Crippen molar-refractivity contribution in [3.8, 4) is 5.75 Å². The van der Waals surface area contributed by atoms with Crippen molar-refractivity contribution >= 4 is 17.9 Å². The molecule has 0 spiro atoms. The van der Waals surface area contributed by atoms with Crippen molar-refractivity contribution in [3.63, 3.8) is 0 Å². The van der Waals surface area contributed by atoms with Crippen LogP contribution in [0.25, 0.3) is 0 Å². The zero-order chi connectivity index (χ0) is 16.8. The van der Waals surface area contributed by atoms with Gasteiger partial charge in [-0.3, -0.25) is 4.90 Å². The molecule has 0 N–H and O–H groups in total. The van der Waals surface area contributed by atoms with E-state index in [1.54, 1.807) is 7.11 Å². The molecule has 2 aliphatic rings. The molecule has 126 valence electrons. The Morgan fingerprint density at radius 3 is 2.74 bits per heavy atom. The molecule has 2 aliphatic heterocycles. The van der Waals surface area contributed by atoms with Gasteiger partial charge < -0.3 is 9.47 Å². The molecule has 5 heteroatoms. The summed E-state index contributed by atoms with van der Waals surface area (Å²) in [5, 5.41) is 0.0844. The topological polar surface area (TPSA) is 38.8 Å². The Kier molecular flexibility index (Phi) is 4.03. The van der Waals surface area contributed by atoms with Crippen molar-refractivity contribution in [2.24, 2.45) is 0 Å². The summed E-state index contributed by atoms with van der Waals surface area (Å²) in [7, 11) is 1.71. The summed E-state index contributed by atoms with van der Waals surface area (Å²) in [6, 6.07) is 6.35. The van der Waals surface area contributed by atoms with Gasteiger partial charge in [0.25, 0.3) is 0 Å². The lowest BCUT2D eigenvalue weighted by molar-refractivity contribution is 0.0842. The summed E-state index contributed by atoms with van der Waals surface area (Å²) in [5.74, 6) is 0.896. The lowest BCUT2D eigenvalue weighted by Crippen LogP contribution is -2.57. The van der Waals surface area contributed by atoms with E-state index in [4.69, 9.17) is 9.47 Å². The van der Waals surface area contributed by atoms with Crippen LogP contribution >= 0.6 is 11.8 Å². The third-order valence-electron chi connectivity index (χ3n) is 5.09. The zero-order valence-corrected chi connectivity index (χ0v) is 15.3. The minimum absolute atomic E-state index is 0.00700. The van der Waals surface area contributed by atoms with Gasteiger partial charge in [-0.1, -0.05) is 19.9 Å². The Morgan fingerprint density at radius 2 is 2.09 bits per heavy atom. The van der Waals surface area contributed by atoms with Crippen LogP contribution in [0.5, 0.6) is 5.75 Å². The molecule has 2 atom stereocenters. The normalized spacial score (nSPS) is 28.0. The van der Waals surface area contributed by atoms with Gasteiger partial charge >= 0.3 is 6.09 Å². The number of carbonyl (C=O) groups is 1. The van der Waals surface area contributed by atoms with Crippen LogP contribution in [-0.4, -0.2) is 36.6 Å². The molecule has 1 amide bonds. The molecular weight excluding hydrogens is 310 g/mol. The first-order chi connectivity index (χ1) is 10.8. The monoisotopic (exact) mass is 335 g/mol. The third-order valence-corrected chi connectivity index (χ3v) is 7.11. The van der Waals surface area contributed by atoms with Crippen LogP contribution in [0.1, 0.15) is 45.2 Å². The highest BCUT2D eigenvalue weighted by Crippen LogP contribution is 2.58. The van der Waals surface area contributed by atoms with Gasteiger partial charge in [0.05, 0.1) is 19.1 Å². The maximum Gasteiger partial charge on any atom is 0.410 e. The van der Waals surface area contributed by atoms with Gasteiger partial charge in [0.15, 0.2) is 0 Å². The molecule has 1 aromatic rings. The van der Waals surface area contributed by atoms with Crippen molar-refractivity contribution in [2.45, 2.75) is 49.7 Å². The summed E-state index contributed by atoms with van der Waals surface area (Å²) in [6.45, 7) is 9.71. The fraction of sp³-hybridized carbons (Fsp3) is 0.611. The third kappa shape index (κ3) is 2.49. The first kappa shape index (κ1) is 16.5. The van der Waals surface area contributed by atoms with Crippen LogP contribution < -0.4 is 4.74 Å². The Bertz CT molecular complexity index is 631. The number of methoxy groups -OCH3 is 1. The van der Waals surface area contributed by atoms with Gasteiger partial charge in [-0.2, -0.15) is 0 Å². The van der Waals surface area contributed by atoms with E-state index < -0.39 is 0 Å². The predicted molar refractivity (Wildman–Crippen MR) is 93.1 cm³/mol. The van der Waals surface area contributed by atoms with Gasteiger partial charge in [0, 0.05) is 16.7 Å². The maximum atomic E-state index is 12.4. The quantitative estimate of drug-likeness (QED) is 0.815. The summed E-state index contributed by atoms with van der Waals surface area (Å²) in [5.41, 5.74) is 2.50. The molecule has 0 saturated carbocycles. The standard InChI is InChI=1S/C18H25NO3S/c1-6-22-16(20)19-10-9-18(4)14-11-12(21-5)7-8-13(14)17(2,3)15(19)23-18/h7-8,11,15H,6,9-10H2,1-5H3. The smallest absolute Gasteiger partial charge is 0.410 e. The molecule has 1 saturated heterocycles. The molecule has 4 nitrogen and oxygen atoms in total. The van der Waals surface area contributed by atoms with Crippen LogP contribution in [0.2, 0.25) is 0 Å². The molecule has 2 bridgehead atoms. The summed E-state index contributed by atoms with van der Waals surface area (Å²) in [4.78, 5) is 14.3. The number of ether oxygens (including phenoxy) is 2. The van der Waals surface area contributed by atoms with Crippen molar-refractivity contribution in [1.82, 2.24) is 4.90 Å². The zero-order valence-electron chi connectivity index (χ0n) is 14.5. The fourth-order valence-electron chi connectivity index (χ4n) is 3.73. The fourth-order valence-corrected chi connectivity index (χ4v) is 5.47.